The molecule has 40 heavy (non-hydrogen) atoms. The van der Waals surface area contributed by atoms with Crippen molar-refractivity contribution in [2.75, 3.05) is 6.61 Å². The van der Waals surface area contributed by atoms with E-state index in [1.54, 1.807) is 26.0 Å². The Hall–Kier alpha value is -4.05. The van der Waals surface area contributed by atoms with Crippen LogP contribution in [0.25, 0.3) is 22.2 Å². The number of halogens is 4. The number of benzene rings is 2. The standard InChI is InChI=1S/C30H26F4N2O4/c1-16-11-18(6-7-21(16)31)26-27-20(28(2,3)15-40-27)14-24(36-26)29(39,30(32,33)34)9-8-22(37)19-12-17-5-4-10-35-25(17)23(38)13-19/h4-7,10-14,38-39H,8-9,15H2,1-3H3. The molecule has 0 saturated heterocycles. The molecule has 3 heterocycles. The summed E-state index contributed by atoms with van der Waals surface area (Å²) in [6.45, 7) is 5.27. The lowest BCUT2D eigenvalue weighted by molar-refractivity contribution is -0.270. The second-order valence-electron chi connectivity index (χ2n) is 10.7. The minimum atomic E-state index is -5.19. The fourth-order valence-corrected chi connectivity index (χ4v) is 4.90. The van der Waals surface area contributed by atoms with Gasteiger partial charge in [-0.1, -0.05) is 19.9 Å². The molecule has 2 aromatic carbocycles. The van der Waals surface area contributed by atoms with Gasteiger partial charge in [-0.05, 0) is 61.4 Å². The number of fused-ring (bicyclic) bond motifs is 2. The summed E-state index contributed by atoms with van der Waals surface area (Å²) in [4.78, 5) is 21.3. The monoisotopic (exact) mass is 554 g/mol. The van der Waals surface area contributed by atoms with Crippen LogP contribution in [-0.2, 0) is 11.0 Å². The highest BCUT2D eigenvalue weighted by Crippen LogP contribution is 2.49. The maximum Gasteiger partial charge on any atom is 0.422 e. The zero-order valence-electron chi connectivity index (χ0n) is 21.9. The number of phenolic OH excluding ortho intramolecular Hbond substituents is 1. The van der Waals surface area contributed by atoms with E-state index in [1.165, 1.54) is 43.5 Å². The number of carbonyl (C=O) groups is 1. The SMILES string of the molecule is Cc1cc(-c2nc(C(O)(CCC(=O)c3cc(O)c4ncccc4c3)C(F)(F)F)cc3c2OCC3(C)C)ccc1F. The van der Waals surface area contributed by atoms with Crippen molar-refractivity contribution in [3.63, 3.8) is 0 Å². The molecule has 1 atom stereocenters. The van der Waals surface area contributed by atoms with Crippen LogP contribution in [0.5, 0.6) is 11.5 Å². The van der Waals surface area contributed by atoms with Crippen LogP contribution < -0.4 is 4.74 Å². The van der Waals surface area contributed by atoms with E-state index in [9.17, 15) is 32.6 Å². The Bertz CT molecular complexity index is 1650. The highest BCUT2D eigenvalue weighted by atomic mass is 19.4. The summed E-state index contributed by atoms with van der Waals surface area (Å²) in [5.74, 6) is -1.21. The lowest BCUT2D eigenvalue weighted by atomic mass is 9.83. The summed E-state index contributed by atoms with van der Waals surface area (Å²) in [6, 6.07) is 11.0. The number of pyridine rings is 2. The third kappa shape index (κ3) is 4.66. The van der Waals surface area contributed by atoms with Gasteiger partial charge >= 0.3 is 6.18 Å². The number of ether oxygens (including phenoxy) is 1. The average Bonchev–Trinajstić information content (AvgIpc) is 3.21. The number of aromatic nitrogens is 2. The van der Waals surface area contributed by atoms with E-state index in [2.05, 4.69) is 9.97 Å². The van der Waals surface area contributed by atoms with Gasteiger partial charge in [0.2, 0.25) is 5.60 Å². The number of alkyl halides is 3. The van der Waals surface area contributed by atoms with Crippen LogP contribution in [0.4, 0.5) is 17.6 Å². The van der Waals surface area contributed by atoms with Crippen LogP contribution in [0.2, 0.25) is 0 Å². The Morgan fingerprint density at radius 3 is 2.58 bits per heavy atom. The number of nitrogens with zero attached hydrogens (tertiary/aromatic N) is 2. The normalized spacial score (nSPS) is 15.9. The molecule has 0 aliphatic carbocycles. The van der Waals surface area contributed by atoms with Crippen molar-refractivity contribution in [2.45, 2.75) is 50.8 Å². The van der Waals surface area contributed by atoms with Gasteiger partial charge in [0.15, 0.2) is 5.78 Å². The second-order valence-corrected chi connectivity index (χ2v) is 10.7. The number of aliphatic hydroxyl groups is 1. The smallest absolute Gasteiger partial charge is 0.422 e. The van der Waals surface area contributed by atoms with Crippen LogP contribution in [0.3, 0.4) is 0 Å². The molecule has 208 valence electrons. The van der Waals surface area contributed by atoms with E-state index in [-0.39, 0.29) is 40.4 Å². The maximum absolute atomic E-state index is 14.6. The summed E-state index contributed by atoms with van der Waals surface area (Å²) in [5.41, 5.74) is -3.58. The molecule has 0 radical (unpaired) electrons. The minimum Gasteiger partial charge on any atom is -0.506 e. The number of aromatic hydroxyl groups is 1. The van der Waals surface area contributed by atoms with Gasteiger partial charge in [-0.15, -0.1) is 0 Å². The van der Waals surface area contributed by atoms with Crippen molar-refractivity contribution in [2.24, 2.45) is 0 Å². The van der Waals surface area contributed by atoms with E-state index in [0.29, 0.717) is 16.5 Å². The topological polar surface area (TPSA) is 92.5 Å². The molecule has 2 N–H and O–H groups in total. The largest absolute Gasteiger partial charge is 0.506 e. The fraction of sp³-hybridized carbons (Fsp3) is 0.300. The van der Waals surface area contributed by atoms with E-state index in [0.717, 1.165) is 6.07 Å². The number of Topliss-reactive ketones (excluding diaryl/α,β-unsaturated/α-hetero) is 1. The quantitative estimate of drug-likeness (QED) is 0.208. The molecule has 6 nitrogen and oxygen atoms in total. The zero-order chi connectivity index (χ0) is 29.0. The molecule has 0 bridgehead atoms. The van der Waals surface area contributed by atoms with Gasteiger partial charge in [0.1, 0.15) is 28.5 Å². The lowest BCUT2D eigenvalue weighted by Crippen LogP contribution is -2.43. The summed E-state index contributed by atoms with van der Waals surface area (Å²) < 4.78 is 63.5. The first-order valence-electron chi connectivity index (χ1n) is 12.6. The molecule has 4 aromatic rings. The Kier molecular flexibility index (Phi) is 6.57. The Labute approximate surface area is 227 Å². The third-order valence-corrected chi connectivity index (χ3v) is 7.32. The molecule has 1 aliphatic heterocycles. The number of hydrogen-bond acceptors (Lipinski definition) is 6. The molecule has 1 unspecified atom stereocenters. The van der Waals surface area contributed by atoms with Crippen LogP contribution in [0.15, 0.2) is 54.7 Å². The average molecular weight is 555 g/mol. The van der Waals surface area contributed by atoms with Gasteiger partial charge in [-0.3, -0.25) is 9.78 Å². The number of aryl methyl sites for hydroxylation is 1. The Morgan fingerprint density at radius 1 is 1.12 bits per heavy atom. The fourth-order valence-electron chi connectivity index (χ4n) is 4.90. The minimum absolute atomic E-state index is 0.0125. The highest BCUT2D eigenvalue weighted by Gasteiger charge is 2.56. The van der Waals surface area contributed by atoms with Crippen molar-refractivity contribution in [3.8, 4) is 22.8 Å². The first-order valence-corrected chi connectivity index (χ1v) is 12.6. The van der Waals surface area contributed by atoms with Gasteiger partial charge in [-0.25, -0.2) is 9.37 Å². The number of hydrogen-bond donors (Lipinski definition) is 2. The third-order valence-electron chi connectivity index (χ3n) is 7.32. The van der Waals surface area contributed by atoms with Gasteiger partial charge in [0.25, 0.3) is 0 Å². The molecule has 5 rings (SSSR count). The maximum atomic E-state index is 14.6. The molecular formula is C30H26F4N2O4. The summed E-state index contributed by atoms with van der Waals surface area (Å²) in [7, 11) is 0. The molecule has 1 aliphatic rings. The lowest BCUT2D eigenvalue weighted by Gasteiger charge is -2.31. The van der Waals surface area contributed by atoms with E-state index < -0.39 is 47.3 Å². The van der Waals surface area contributed by atoms with Gasteiger partial charge < -0.3 is 14.9 Å². The zero-order valence-corrected chi connectivity index (χ0v) is 21.9. The van der Waals surface area contributed by atoms with Crippen molar-refractivity contribution >= 4 is 16.7 Å². The molecule has 10 heteroatoms. The summed E-state index contributed by atoms with van der Waals surface area (Å²) >= 11 is 0. The molecule has 0 spiro atoms. The number of ketones is 1. The van der Waals surface area contributed by atoms with E-state index in [4.69, 9.17) is 4.74 Å². The number of rotatable bonds is 6. The molecule has 0 saturated carbocycles. The second kappa shape index (κ2) is 9.55. The Morgan fingerprint density at radius 2 is 1.88 bits per heavy atom. The number of phenols is 1. The van der Waals surface area contributed by atoms with Gasteiger partial charge in [0, 0.05) is 40.1 Å². The van der Waals surface area contributed by atoms with E-state index >= 15 is 0 Å². The highest BCUT2D eigenvalue weighted by molar-refractivity contribution is 6.01. The molecular weight excluding hydrogens is 528 g/mol. The summed E-state index contributed by atoms with van der Waals surface area (Å²) in [6.07, 6.45) is -5.44. The summed E-state index contributed by atoms with van der Waals surface area (Å²) in [5, 5.41) is 21.9. The van der Waals surface area contributed by atoms with Crippen molar-refractivity contribution < 1.29 is 37.3 Å². The van der Waals surface area contributed by atoms with Crippen LogP contribution >= 0.6 is 0 Å². The predicted molar refractivity (Wildman–Crippen MR) is 140 cm³/mol. The van der Waals surface area contributed by atoms with E-state index in [1.807, 2.05) is 0 Å². The molecule has 0 amide bonds. The Balaban J connectivity index is 1.57. The van der Waals surface area contributed by atoms with Crippen molar-refractivity contribution in [1.82, 2.24) is 9.97 Å². The first-order chi connectivity index (χ1) is 18.7. The molecule has 0 fully saturated rings. The first kappa shape index (κ1) is 27.5. The number of carbonyl (C=O) groups excluding carboxylic acids is 1. The van der Waals surface area contributed by atoms with Gasteiger partial charge in [-0.2, -0.15) is 13.2 Å². The predicted octanol–water partition coefficient (Wildman–Crippen LogP) is 6.53. The van der Waals surface area contributed by atoms with Gasteiger partial charge in [0.05, 0.1) is 12.3 Å². The van der Waals surface area contributed by atoms with Crippen LogP contribution in [0.1, 0.15) is 53.9 Å². The van der Waals surface area contributed by atoms with Crippen molar-refractivity contribution in [3.05, 3.63) is 82.9 Å². The van der Waals surface area contributed by atoms with Crippen molar-refractivity contribution in [1.29, 1.82) is 0 Å². The van der Waals surface area contributed by atoms with Crippen LogP contribution in [0, 0.1) is 12.7 Å². The van der Waals surface area contributed by atoms with Crippen LogP contribution in [-0.4, -0.2) is 38.7 Å². The molecule has 2 aromatic heterocycles.